The highest BCUT2D eigenvalue weighted by Gasteiger charge is 2.20. The molecule has 0 aromatic heterocycles. The zero-order chi connectivity index (χ0) is 9.78. The summed E-state index contributed by atoms with van der Waals surface area (Å²) < 4.78 is 21.8. The Morgan fingerprint density at radius 3 is 2.33 bits per heavy atom. The Hall–Kier alpha value is -0.660. The minimum Gasteiger partial charge on any atom is -0.480 e. The number of carbonyl (C=O) groups is 1. The van der Waals surface area contributed by atoms with Crippen LogP contribution < -0.4 is 11.5 Å². The van der Waals surface area contributed by atoms with Crippen molar-refractivity contribution in [1.82, 2.24) is 0 Å². The average molecular weight is 196 g/mol. The van der Waals surface area contributed by atoms with Gasteiger partial charge in [-0.2, -0.15) is 0 Å². The van der Waals surface area contributed by atoms with Crippen LogP contribution in [0.25, 0.3) is 0 Å². The van der Waals surface area contributed by atoms with Gasteiger partial charge in [-0.3, -0.25) is 4.79 Å². The SMILES string of the molecule is NCCS(=O)(=O)C[C@H](N)C(=O)O. The van der Waals surface area contributed by atoms with Gasteiger partial charge in [0.05, 0.1) is 11.5 Å². The van der Waals surface area contributed by atoms with Gasteiger partial charge in [-0.25, -0.2) is 8.42 Å². The van der Waals surface area contributed by atoms with E-state index in [0.717, 1.165) is 0 Å². The maximum Gasteiger partial charge on any atom is 0.321 e. The van der Waals surface area contributed by atoms with Gasteiger partial charge in [0.1, 0.15) is 6.04 Å². The number of carboxylic acids is 1. The summed E-state index contributed by atoms with van der Waals surface area (Å²) in [5.41, 5.74) is 10.0. The number of rotatable bonds is 5. The second-order valence-electron chi connectivity index (χ2n) is 2.35. The molecule has 0 bridgehead atoms. The summed E-state index contributed by atoms with van der Waals surface area (Å²) in [6, 6.07) is -1.36. The molecule has 0 aliphatic rings. The van der Waals surface area contributed by atoms with Crippen molar-refractivity contribution >= 4 is 15.8 Å². The third-order valence-corrected chi connectivity index (χ3v) is 2.90. The lowest BCUT2D eigenvalue weighted by Crippen LogP contribution is -2.38. The number of hydrogen-bond acceptors (Lipinski definition) is 5. The summed E-state index contributed by atoms with van der Waals surface area (Å²) in [6.45, 7) is -0.0192. The van der Waals surface area contributed by atoms with Crippen molar-refractivity contribution in [2.75, 3.05) is 18.1 Å². The lowest BCUT2D eigenvalue weighted by Gasteiger charge is -2.05. The van der Waals surface area contributed by atoms with Gasteiger partial charge in [0, 0.05) is 6.54 Å². The van der Waals surface area contributed by atoms with Crippen LogP contribution in [-0.2, 0) is 14.6 Å². The maximum absolute atomic E-state index is 10.9. The second-order valence-corrected chi connectivity index (χ2v) is 4.58. The number of carboxylic acid groups (broad SMARTS) is 1. The van der Waals surface area contributed by atoms with Crippen LogP contribution in [0.2, 0.25) is 0 Å². The van der Waals surface area contributed by atoms with Gasteiger partial charge in [0.2, 0.25) is 0 Å². The molecule has 0 heterocycles. The smallest absolute Gasteiger partial charge is 0.321 e. The van der Waals surface area contributed by atoms with Gasteiger partial charge < -0.3 is 16.6 Å². The van der Waals surface area contributed by atoms with Crippen LogP contribution in [0.15, 0.2) is 0 Å². The lowest BCUT2D eigenvalue weighted by molar-refractivity contribution is -0.137. The molecule has 0 saturated carbocycles. The van der Waals surface area contributed by atoms with E-state index in [1.54, 1.807) is 0 Å². The summed E-state index contributed by atoms with van der Waals surface area (Å²) in [5.74, 6) is -2.11. The Labute approximate surface area is 70.5 Å². The Bertz CT molecular complexity index is 248. The predicted octanol–water partition coefficient (Wildman–Crippen LogP) is -2.23. The fraction of sp³-hybridized carbons (Fsp3) is 0.800. The van der Waals surface area contributed by atoms with Crippen molar-refractivity contribution in [3.63, 3.8) is 0 Å². The monoisotopic (exact) mass is 196 g/mol. The summed E-state index contributed by atoms with van der Waals surface area (Å²) in [7, 11) is -3.41. The molecule has 0 rings (SSSR count). The van der Waals surface area contributed by atoms with Crippen molar-refractivity contribution in [2.45, 2.75) is 6.04 Å². The van der Waals surface area contributed by atoms with E-state index in [4.69, 9.17) is 16.6 Å². The Morgan fingerprint density at radius 2 is 2.00 bits per heavy atom. The molecule has 0 aromatic carbocycles. The standard InChI is InChI=1S/C5H12N2O4S/c6-1-2-12(10,11)3-4(7)5(8)9/h4H,1-3,6-7H2,(H,8,9)/t4-/m0/s1. The summed E-state index contributed by atoms with van der Waals surface area (Å²) >= 11 is 0. The first kappa shape index (κ1) is 11.3. The molecular weight excluding hydrogens is 184 g/mol. The van der Waals surface area contributed by atoms with Crippen LogP contribution in [0.4, 0.5) is 0 Å². The summed E-state index contributed by atoms with van der Waals surface area (Å²) in [5, 5.41) is 8.29. The van der Waals surface area contributed by atoms with Gasteiger partial charge in [-0.05, 0) is 0 Å². The van der Waals surface area contributed by atoms with Gasteiger partial charge in [-0.1, -0.05) is 0 Å². The topological polar surface area (TPSA) is 123 Å². The fourth-order valence-corrected chi connectivity index (χ4v) is 1.82. The fourth-order valence-electron chi connectivity index (χ4n) is 0.608. The minimum absolute atomic E-state index is 0.0192. The normalized spacial score (nSPS) is 14.2. The van der Waals surface area contributed by atoms with Gasteiger partial charge >= 0.3 is 5.97 Å². The first-order valence-electron chi connectivity index (χ1n) is 3.28. The van der Waals surface area contributed by atoms with E-state index in [1.165, 1.54) is 0 Å². The van der Waals surface area contributed by atoms with Crippen LogP contribution in [0, 0.1) is 0 Å². The summed E-state index contributed by atoms with van der Waals surface area (Å²) in [4.78, 5) is 10.2. The largest absolute Gasteiger partial charge is 0.480 e. The van der Waals surface area contributed by atoms with Crippen LogP contribution >= 0.6 is 0 Å². The highest BCUT2D eigenvalue weighted by Crippen LogP contribution is 1.92. The molecule has 0 aliphatic carbocycles. The zero-order valence-corrected chi connectivity index (χ0v) is 7.25. The van der Waals surface area contributed by atoms with E-state index in [0.29, 0.717) is 0 Å². The van der Waals surface area contributed by atoms with E-state index >= 15 is 0 Å². The average Bonchev–Trinajstić information content (AvgIpc) is 1.85. The minimum atomic E-state index is -3.41. The third kappa shape index (κ3) is 4.27. The van der Waals surface area contributed by atoms with Crippen molar-refractivity contribution in [3.05, 3.63) is 0 Å². The molecule has 0 unspecified atom stereocenters. The van der Waals surface area contributed by atoms with E-state index in [1.807, 2.05) is 0 Å². The van der Waals surface area contributed by atoms with Crippen molar-refractivity contribution in [2.24, 2.45) is 11.5 Å². The molecule has 0 radical (unpaired) electrons. The second kappa shape index (κ2) is 4.39. The molecule has 0 saturated heterocycles. The number of aliphatic carboxylic acids is 1. The number of nitrogens with two attached hydrogens (primary N) is 2. The predicted molar refractivity (Wildman–Crippen MR) is 43.3 cm³/mol. The molecule has 72 valence electrons. The summed E-state index contributed by atoms with van der Waals surface area (Å²) in [6.07, 6.45) is 0. The molecule has 0 spiro atoms. The Balaban J connectivity index is 4.16. The van der Waals surface area contributed by atoms with Gasteiger partial charge in [0.15, 0.2) is 9.84 Å². The Morgan fingerprint density at radius 1 is 1.50 bits per heavy atom. The third-order valence-electron chi connectivity index (χ3n) is 1.18. The van der Waals surface area contributed by atoms with E-state index in [9.17, 15) is 13.2 Å². The van der Waals surface area contributed by atoms with Gasteiger partial charge in [-0.15, -0.1) is 0 Å². The van der Waals surface area contributed by atoms with Crippen LogP contribution in [0.3, 0.4) is 0 Å². The van der Waals surface area contributed by atoms with Crippen LogP contribution in [0.1, 0.15) is 0 Å². The molecule has 5 N–H and O–H groups in total. The zero-order valence-electron chi connectivity index (χ0n) is 6.43. The molecule has 12 heavy (non-hydrogen) atoms. The molecule has 7 heteroatoms. The molecule has 6 nitrogen and oxygen atoms in total. The molecule has 0 fully saturated rings. The van der Waals surface area contributed by atoms with Crippen molar-refractivity contribution < 1.29 is 18.3 Å². The van der Waals surface area contributed by atoms with Gasteiger partial charge in [0.25, 0.3) is 0 Å². The molecule has 0 aliphatic heterocycles. The van der Waals surface area contributed by atoms with E-state index in [2.05, 4.69) is 0 Å². The van der Waals surface area contributed by atoms with E-state index < -0.39 is 27.6 Å². The molecular formula is C5H12N2O4S. The van der Waals surface area contributed by atoms with Crippen LogP contribution in [-0.4, -0.2) is 43.6 Å². The van der Waals surface area contributed by atoms with Crippen LogP contribution in [0.5, 0.6) is 0 Å². The Kier molecular flexibility index (Phi) is 4.15. The van der Waals surface area contributed by atoms with E-state index in [-0.39, 0.29) is 12.3 Å². The quantitative estimate of drug-likeness (QED) is 0.457. The van der Waals surface area contributed by atoms with Crippen molar-refractivity contribution in [1.29, 1.82) is 0 Å². The molecule has 0 amide bonds. The lowest BCUT2D eigenvalue weighted by atomic mass is 10.4. The highest BCUT2D eigenvalue weighted by atomic mass is 32.2. The first-order chi connectivity index (χ1) is 5.39. The maximum atomic E-state index is 10.9. The molecule has 1 atom stereocenters. The van der Waals surface area contributed by atoms with Crippen molar-refractivity contribution in [3.8, 4) is 0 Å². The number of sulfone groups is 1. The molecule has 0 aromatic rings. The highest BCUT2D eigenvalue weighted by molar-refractivity contribution is 7.91. The first-order valence-corrected chi connectivity index (χ1v) is 5.10. The number of hydrogen-bond donors (Lipinski definition) is 3.